The Hall–Kier alpha value is -2.19. The van der Waals surface area contributed by atoms with Crippen LogP contribution in [0, 0.1) is 5.92 Å². The van der Waals surface area contributed by atoms with E-state index < -0.39 is 10.0 Å². The van der Waals surface area contributed by atoms with Crippen LogP contribution in [0.5, 0.6) is 0 Å². The van der Waals surface area contributed by atoms with Crippen molar-refractivity contribution in [1.29, 1.82) is 0 Å². The Balaban J connectivity index is 1.52. The number of hydrogen-bond acceptors (Lipinski definition) is 4. The van der Waals surface area contributed by atoms with Crippen molar-refractivity contribution in [2.24, 2.45) is 13.0 Å². The van der Waals surface area contributed by atoms with Crippen molar-refractivity contribution in [2.45, 2.75) is 24.4 Å². The standard InChI is InChI=1S/C17H22N4O3S/c1-20-12-17(19-13-20)25(23,24)21-8-7-15(11-21)9-16(22)18-10-14-5-3-2-4-6-14/h2-6,12-13,15H,7-11H2,1H3,(H,18,22). The normalized spacial score (nSPS) is 18.4. The number of nitrogens with one attached hydrogen (secondary N) is 1. The highest BCUT2D eigenvalue weighted by atomic mass is 32.2. The second kappa shape index (κ2) is 7.37. The van der Waals surface area contributed by atoms with Crippen molar-refractivity contribution in [3.8, 4) is 0 Å². The fourth-order valence-electron chi connectivity index (χ4n) is 2.97. The number of hydrogen-bond donors (Lipinski definition) is 1. The van der Waals surface area contributed by atoms with Crippen LogP contribution in [0.3, 0.4) is 0 Å². The second-order valence-electron chi connectivity index (χ2n) is 6.36. The van der Waals surface area contributed by atoms with Gasteiger partial charge in [-0.3, -0.25) is 4.79 Å². The molecule has 0 radical (unpaired) electrons. The van der Waals surface area contributed by atoms with Crippen molar-refractivity contribution >= 4 is 15.9 Å². The molecule has 3 rings (SSSR count). The van der Waals surface area contributed by atoms with Crippen LogP contribution in [0.1, 0.15) is 18.4 Å². The van der Waals surface area contributed by atoms with Crippen LogP contribution >= 0.6 is 0 Å². The monoisotopic (exact) mass is 362 g/mol. The van der Waals surface area contributed by atoms with Gasteiger partial charge in [0, 0.05) is 39.3 Å². The summed E-state index contributed by atoms with van der Waals surface area (Å²) in [5, 5.41) is 2.95. The highest BCUT2D eigenvalue weighted by Crippen LogP contribution is 2.25. The number of carbonyl (C=O) groups excluding carboxylic acids is 1. The summed E-state index contributed by atoms with van der Waals surface area (Å²) in [5.74, 6) is -0.0137. The van der Waals surface area contributed by atoms with Crippen LogP contribution in [-0.4, -0.2) is 41.3 Å². The summed E-state index contributed by atoms with van der Waals surface area (Å²) in [7, 11) is -1.84. The maximum Gasteiger partial charge on any atom is 0.262 e. The molecule has 2 heterocycles. The molecule has 0 aliphatic carbocycles. The van der Waals surface area contributed by atoms with E-state index in [0.29, 0.717) is 32.5 Å². The van der Waals surface area contributed by atoms with Crippen molar-refractivity contribution < 1.29 is 13.2 Å². The van der Waals surface area contributed by atoms with Crippen LogP contribution < -0.4 is 5.32 Å². The molecular formula is C17H22N4O3S. The molecule has 1 aliphatic heterocycles. The first-order valence-corrected chi connectivity index (χ1v) is 9.68. The first kappa shape index (κ1) is 17.6. The Morgan fingerprint density at radius 1 is 1.32 bits per heavy atom. The predicted molar refractivity (Wildman–Crippen MR) is 93.0 cm³/mol. The minimum Gasteiger partial charge on any atom is -0.352 e. The Morgan fingerprint density at radius 3 is 2.76 bits per heavy atom. The molecule has 1 saturated heterocycles. The molecule has 1 fully saturated rings. The largest absolute Gasteiger partial charge is 0.352 e. The zero-order chi connectivity index (χ0) is 17.9. The Kier molecular flexibility index (Phi) is 5.19. The number of nitrogens with zero attached hydrogens (tertiary/aromatic N) is 3. The summed E-state index contributed by atoms with van der Waals surface area (Å²) in [4.78, 5) is 16.0. The third kappa shape index (κ3) is 4.26. The molecule has 134 valence electrons. The Bertz CT molecular complexity index is 833. The summed E-state index contributed by atoms with van der Waals surface area (Å²) in [6.45, 7) is 1.27. The second-order valence-corrected chi connectivity index (χ2v) is 8.25. The number of amides is 1. The minimum absolute atomic E-state index is 0.0364. The first-order valence-electron chi connectivity index (χ1n) is 8.24. The van der Waals surface area contributed by atoms with Gasteiger partial charge >= 0.3 is 0 Å². The van der Waals surface area contributed by atoms with E-state index in [4.69, 9.17) is 0 Å². The molecule has 7 nitrogen and oxygen atoms in total. The maximum atomic E-state index is 12.5. The van der Waals surface area contributed by atoms with Gasteiger partial charge in [0.1, 0.15) is 0 Å². The van der Waals surface area contributed by atoms with Gasteiger partial charge in [-0.25, -0.2) is 13.4 Å². The zero-order valence-corrected chi connectivity index (χ0v) is 14.9. The predicted octanol–water partition coefficient (Wildman–Crippen LogP) is 1.14. The molecule has 0 saturated carbocycles. The molecule has 0 spiro atoms. The summed E-state index contributed by atoms with van der Waals surface area (Å²) in [6, 6.07) is 9.70. The smallest absolute Gasteiger partial charge is 0.262 e. The minimum atomic E-state index is -3.57. The van der Waals surface area contributed by atoms with E-state index in [9.17, 15) is 13.2 Å². The van der Waals surface area contributed by atoms with E-state index in [1.54, 1.807) is 11.6 Å². The molecule has 1 N–H and O–H groups in total. The molecule has 1 aromatic heterocycles. The van der Waals surface area contributed by atoms with Crippen LogP contribution in [0.4, 0.5) is 0 Å². The molecular weight excluding hydrogens is 340 g/mol. The van der Waals surface area contributed by atoms with Crippen molar-refractivity contribution in [1.82, 2.24) is 19.2 Å². The van der Waals surface area contributed by atoms with Crippen molar-refractivity contribution in [2.75, 3.05) is 13.1 Å². The van der Waals surface area contributed by atoms with E-state index in [0.717, 1.165) is 5.56 Å². The average molecular weight is 362 g/mol. The van der Waals surface area contributed by atoms with Crippen LogP contribution in [0.2, 0.25) is 0 Å². The number of aryl methyl sites for hydroxylation is 1. The molecule has 1 aliphatic rings. The zero-order valence-electron chi connectivity index (χ0n) is 14.1. The maximum absolute atomic E-state index is 12.5. The highest BCUT2D eigenvalue weighted by Gasteiger charge is 2.34. The number of imidazole rings is 1. The molecule has 25 heavy (non-hydrogen) atoms. The van der Waals surface area contributed by atoms with E-state index in [-0.39, 0.29) is 16.9 Å². The van der Waals surface area contributed by atoms with E-state index in [2.05, 4.69) is 10.3 Å². The van der Waals surface area contributed by atoms with Crippen molar-refractivity contribution in [3.05, 3.63) is 48.4 Å². The average Bonchev–Trinajstić information content (AvgIpc) is 3.24. The van der Waals surface area contributed by atoms with E-state index in [1.807, 2.05) is 30.3 Å². The van der Waals surface area contributed by atoms with Gasteiger partial charge in [0.05, 0.1) is 6.33 Å². The summed E-state index contributed by atoms with van der Waals surface area (Å²) in [6.07, 6.45) is 3.98. The molecule has 1 amide bonds. The third-order valence-corrected chi connectivity index (χ3v) is 6.09. The number of benzene rings is 1. The summed E-state index contributed by atoms with van der Waals surface area (Å²) < 4.78 is 28.1. The van der Waals surface area contributed by atoms with Crippen molar-refractivity contribution in [3.63, 3.8) is 0 Å². The molecule has 1 unspecified atom stereocenters. The molecule has 2 aromatic rings. The number of carbonyl (C=O) groups is 1. The number of aromatic nitrogens is 2. The number of sulfonamides is 1. The number of rotatable bonds is 6. The van der Waals surface area contributed by atoms with Gasteiger partial charge in [0.2, 0.25) is 5.91 Å². The van der Waals surface area contributed by atoms with Crippen LogP contribution in [0.15, 0.2) is 47.9 Å². The lowest BCUT2D eigenvalue weighted by Crippen LogP contribution is -2.30. The summed E-state index contributed by atoms with van der Waals surface area (Å²) in [5.41, 5.74) is 1.04. The fraction of sp³-hybridized carbons (Fsp3) is 0.412. The first-order chi connectivity index (χ1) is 11.9. The van der Waals surface area contributed by atoms with Gasteiger partial charge in [-0.05, 0) is 17.9 Å². The lowest BCUT2D eigenvalue weighted by molar-refractivity contribution is -0.122. The topological polar surface area (TPSA) is 84.3 Å². The lowest BCUT2D eigenvalue weighted by Gasteiger charge is -2.15. The third-order valence-electron chi connectivity index (χ3n) is 4.34. The van der Waals surface area contributed by atoms with Gasteiger partial charge in [-0.15, -0.1) is 0 Å². The Morgan fingerprint density at radius 2 is 2.08 bits per heavy atom. The SMILES string of the molecule is Cn1cnc(S(=O)(=O)N2CCC(CC(=O)NCc3ccccc3)C2)c1. The molecule has 1 atom stereocenters. The quantitative estimate of drug-likeness (QED) is 0.835. The van der Waals surface area contributed by atoms with Gasteiger partial charge in [-0.2, -0.15) is 4.31 Å². The van der Waals surface area contributed by atoms with Gasteiger partial charge < -0.3 is 9.88 Å². The fourth-order valence-corrected chi connectivity index (χ4v) is 4.46. The van der Waals surface area contributed by atoms with Crippen LogP contribution in [-0.2, 0) is 28.4 Å². The summed E-state index contributed by atoms with van der Waals surface area (Å²) >= 11 is 0. The van der Waals surface area contributed by atoms with Gasteiger partial charge in [0.15, 0.2) is 5.03 Å². The molecule has 8 heteroatoms. The highest BCUT2D eigenvalue weighted by molar-refractivity contribution is 7.89. The van der Waals surface area contributed by atoms with E-state index in [1.165, 1.54) is 16.8 Å². The molecule has 1 aromatic carbocycles. The van der Waals surface area contributed by atoms with Gasteiger partial charge in [-0.1, -0.05) is 30.3 Å². The Labute approximate surface area is 147 Å². The lowest BCUT2D eigenvalue weighted by atomic mass is 10.0. The van der Waals surface area contributed by atoms with E-state index >= 15 is 0 Å². The van der Waals surface area contributed by atoms with Crippen LogP contribution in [0.25, 0.3) is 0 Å². The van der Waals surface area contributed by atoms with Gasteiger partial charge in [0.25, 0.3) is 10.0 Å². The molecule has 0 bridgehead atoms.